The van der Waals surface area contributed by atoms with Gasteiger partial charge in [-0.1, -0.05) is 35.9 Å². The van der Waals surface area contributed by atoms with Crippen LogP contribution in [0.4, 0.5) is 17.6 Å². The topological polar surface area (TPSA) is 83.0 Å². The summed E-state index contributed by atoms with van der Waals surface area (Å²) in [6.07, 6.45) is 3.29. The third kappa shape index (κ3) is 11.4. The zero-order valence-corrected chi connectivity index (χ0v) is 28.6. The summed E-state index contributed by atoms with van der Waals surface area (Å²) in [5.41, 5.74) is -2.45. The minimum Gasteiger partial charge on any atom is -0.385 e. The number of halogens is 5. The maximum atomic E-state index is 14.5. The Labute approximate surface area is 282 Å². The molecule has 4 atom stereocenters. The van der Waals surface area contributed by atoms with Gasteiger partial charge in [0.1, 0.15) is 5.82 Å². The molecule has 6 nitrogen and oxygen atoms in total. The van der Waals surface area contributed by atoms with Crippen LogP contribution in [-0.4, -0.2) is 63.3 Å². The van der Waals surface area contributed by atoms with Crippen molar-refractivity contribution in [3.05, 3.63) is 70.0 Å². The zero-order chi connectivity index (χ0) is 34.3. The average Bonchev–Trinajstić information content (AvgIpc) is 3.08. The highest BCUT2D eigenvalue weighted by molar-refractivity contribution is 6.30. The van der Waals surface area contributed by atoms with Gasteiger partial charge in [-0.25, -0.2) is 4.39 Å². The van der Waals surface area contributed by atoms with E-state index >= 15 is 0 Å². The van der Waals surface area contributed by atoms with Gasteiger partial charge in [-0.2, -0.15) is 13.2 Å². The summed E-state index contributed by atoms with van der Waals surface area (Å²) in [5.74, 6) is -0.583. The van der Waals surface area contributed by atoms with Crippen molar-refractivity contribution in [3.63, 3.8) is 0 Å². The quantitative estimate of drug-likeness (QED) is 0.114. The normalized spacial score (nSPS) is 21.3. The van der Waals surface area contributed by atoms with Crippen molar-refractivity contribution in [1.29, 1.82) is 0 Å². The maximum Gasteiger partial charge on any atom is 0.416 e. The first-order chi connectivity index (χ1) is 22.5. The van der Waals surface area contributed by atoms with E-state index in [2.05, 4.69) is 10.6 Å². The van der Waals surface area contributed by atoms with E-state index in [1.165, 1.54) is 12.1 Å². The molecule has 266 valence electrons. The highest BCUT2D eigenvalue weighted by atomic mass is 35.5. The molecule has 2 fully saturated rings. The van der Waals surface area contributed by atoms with Crippen molar-refractivity contribution < 1.29 is 37.2 Å². The lowest BCUT2D eigenvalue weighted by atomic mass is 9.74. The molecule has 0 aromatic heterocycles. The van der Waals surface area contributed by atoms with Gasteiger partial charge in [0, 0.05) is 57.4 Å². The number of methoxy groups -OCH3 is 1. The largest absolute Gasteiger partial charge is 0.416 e. The van der Waals surface area contributed by atoms with Gasteiger partial charge in [-0.15, -0.1) is 0 Å². The Morgan fingerprint density at radius 2 is 1.40 bits per heavy atom. The summed E-state index contributed by atoms with van der Waals surface area (Å²) in [5, 5.41) is 29.4. The SMILES string of the molecule is CCOCCCCC(O)(c1cccc(Cl)c1F)[C@@H]1CCCNC1.COCCCC[C@@](O)(c1cccc(C(F)(F)F)c1)[C@@H]1CCCNC1. The molecule has 0 saturated carbocycles. The highest BCUT2D eigenvalue weighted by Gasteiger charge is 2.42. The van der Waals surface area contributed by atoms with Crippen LogP contribution in [-0.2, 0) is 26.9 Å². The van der Waals surface area contributed by atoms with Gasteiger partial charge in [0.15, 0.2) is 0 Å². The molecule has 11 heteroatoms. The molecular weight excluding hydrogens is 636 g/mol. The number of rotatable bonds is 15. The molecule has 0 bridgehead atoms. The Hall–Kier alpha value is -1.79. The molecule has 2 aromatic carbocycles. The lowest BCUT2D eigenvalue weighted by molar-refractivity contribution is -0.137. The number of benzene rings is 2. The molecule has 0 spiro atoms. The number of aliphatic hydroxyl groups is 2. The first-order valence-corrected chi connectivity index (χ1v) is 17.4. The van der Waals surface area contributed by atoms with Crippen molar-refractivity contribution in [3.8, 4) is 0 Å². The van der Waals surface area contributed by atoms with Crippen molar-refractivity contribution in [2.24, 2.45) is 11.8 Å². The van der Waals surface area contributed by atoms with E-state index in [0.717, 1.165) is 70.2 Å². The van der Waals surface area contributed by atoms with E-state index in [4.69, 9.17) is 21.1 Å². The van der Waals surface area contributed by atoms with Crippen LogP contribution in [0.15, 0.2) is 42.5 Å². The van der Waals surface area contributed by atoms with Gasteiger partial charge in [0.05, 0.1) is 21.8 Å². The van der Waals surface area contributed by atoms with Crippen LogP contribution in [0.2, 0.25) is 5.02 Å². The molecular formula is C36H53ClF4N2O4. The summed E-state index contributed by atoms with van der Waals surface area (Å²) in [6.45, 7) is 7.08. The van der Waals surface area contributed by atoms with E-state index in [0.29, 0.717) is 63.3 Å². The minimum atomic E-state index is -4.40. The summed E-state index contributed by atoms with van der Waals surface area (Å²) in [6, 6.07) is 10.0. The van der Waals surface area contributed by atoms with Crippen LogP contribution >= 0.6 is 11.6 Å². The predicted molar refractivity (Wildman–Crippen MR) is 178 cm³/mol. The number of hydrogen-bond acceptors (Lipinski definition) is 6. The molecule has 2 aromatic rings. The molecule has 47 heavy (non-hydrogen) atoms. The summed E-state index contributed by atoms with van der Waals surface area (Å²) < 4.78 is 64.0. The maximum absolute atomic E-state index is 14.5. The number of unbranched alkanes of at least 4 members (excludes halogenated alkanes) is 2. The second-order valence-electron chi connectivity index (χ2n) is 12.7. The number of alkyl halides is 3. The van der Waals surface area contributed by atoms with E-state index in [9.17, 15) is 27.8 Å². The second-order valence-corrected chi connectivity index (χ2v) is 13.1. The molecule has 2 heterocycles. The number of nitrogens with one attached hydrogen (secondary N) is 2. The Balaban J connectivity index is 0.000000256. The number of hydrogen-bond donors (Lipinski definition) is 4. The lowest BCUT2D eigenvalue weighted by Crippen LogP contribution is -2.44. The van der Waals surface area contributed by atoms with Crippen molar-refractivity contribution >= 4 is 11.6 Å². The van der Waals surface area contributed by atoms with Crippen LogP contribution in [0.5, 0.6) is 0 Å². The lowest BCUT2D eigenvalue weighted by Gasteiger charge is -2.39. The molecule has 1 unspecified atom stereocenters. The molecule has 0 amide bonds. The van der Waals surface area contributed by atoms with E-state index in [-0.39, 0.29) is 16.9 Å². The Bertz CT molecular complexity index is 1190. The summed E-state index contributed by atoms with van der Waals surface area (Å²) >= 11 is 5.94. The fraction of sp³-hybridized carbons (Fsp3) is 0.667. The second kappa shape index (κ2) is 19.4. The fourth-order valence-electron chi connectivity index (χ4n) is 6.85. The van der Waals surface area contributed by atoms with E-state index < -0.39 is 28.8 Å². The van der Waals surface area contributed by atoms with Crippen LogP contribution in [0.1, 0.15) is 87.8 Å². The average molecular weight is 689 g/mol. The number of piperidine rings is 2. The van der Waals surface area contributed by atoms with Gasteiger partial charge in [-0.3, -0.25) is 0 Å². The van der Waals surface area contributed by atoms with Crippen LogP contribution in [0, 0.1) is 17.7 Å². The Kier molecular flexibility index (Phi) is 16.4. The van der Waals surface area contributed by atoms with Gasteiger partial charge in [-0.05, 0) is 108 Å². The van der Waals surface area contributed by atoms with Crippen LogP contribution in [0.25, 0.3) is 0 Å². The third-order valence-corrected chi connectivity index (χ3v) is 9.80. The molecule has 0 radical (unpaired) electrons. The molecule has 2 aliphatic heterocycles. The highest BCUT2D eigenvalue weighted by Crippen LogP contribution is 2.42. The van der Waals surface area contributed by atoms with Gasteiger partial charge in [0.2, 0.25) is 0 Å². The fourth-order valence-corrected chi connectivity index (χ4v) is 7.02. The first kappa shape index (κ1) is 39.6. The van der Waals surface area contributed by atoms with Crippen molar-refractivity contribution in [1.82, 2.24) is 10.6 Å². The van der Waals surface area contributed by atoms with Crippen molar-refractivity contribution in [2.75, 3.05) is 53.1 Å². The third-order valence-electron chi connectivity index (χ3n) is 9.51. The smallest absolute Gasteiger partial charge is 0.385 e. The minimum absolute atomic E-state index is 0.00342. The molecule has 4 N–H and O–H groups in total. The monoisotopic (exact) mass is 688 g/mol. The summed E-state index contributed by atoms with van der Waals surface area (Å²) in [4.78, 5) is 0. The van der Waals surface area contributed by atoms with Gasteiger partial charge >= 0.3 is 6.18 Å². The zero-order valence-electron chi connectivity index (χ0n) is 27.8. The standard InChI is InChI=1S/C18H27ClFNO2.C18H26F3NO2/c1-2-23-12-4-3-10-18(22,14-7-6-11-21-13-14)15-8-5-9-16(19)17(15)20;1-24-11-3-2-9-17(23,16-8-5-10-22-13-16)14-6-4-7-15(12-14)18(19,20)21/h5,8-9,14,21-22H,2-4,6-7,10-13H2,1H3;4,6-7,12,16,22-23H,2-3,5,8-11,13H2,1H3/t14-,18?;16-,17-/m11/s1. The van der Waals surface area contributed by atoms with Crippen LogP contribution in [0.3, 0.4) is 0 Å². The summed E-state index contributed by atoms with van der Waals surface area (Å²) in [7, 11) is 1.62. The number of ether oxygens (including phenoxy) is 2. The van der Waals surface area contributed by atoms with E-state index in [1.54, 1.807) is 25.3 Å². The van der Waals surface area contributed by atoms with Gasteiger partial charge < -0.3 is 30.3 Å². The first-order valence-electron chi connectivity index (χ1n) is 17.0. The Morgan fingerprint density at radius 1 is 0.830 bits per heavy atom. The van der Waals surface area contributed by atoms with Crippen molar-refractivity contribution in [2.45, 2.75) is 88.5 Å². The van der Waals surface area contributed by atoms with Gasteiger partial charge in [0.25, 0.3) is 0 Å². The molecule has 2 aliphatic rings. The van der Waals surface area contributed by atoms with E-state index in [1.807, 2.05) is 6.92 Å². The molecule has 0 aliphatic carbocycles. The Morgan fingerprint density at radius 3 is 1.98 bits per heavy atom. The van der Waals surface area contributed by atoms with Crippen LogP contribution < -0.4 is 10.6 Å². The predicted octanol–water partition coefficient (Wildman–Crippen LogP) is 7.58. The molecule has 4 rings (SSSR count). The molecule has 2 saturated heterocycles.